The average molecular weight is 249 g/mol. The van der Waals surface area contributed by atoms with Crippen molar-refractivity contribution in [1.29, 1.82) is 0 Å². The van der Waals surface area contributed by atoms with Gasteiger partial charge in [0, 0.05) is 25.6 Å². The zero-order valence-electron chi connectivity index (χ0n) is 11.2. The van der Waals surface area contributed by atoms with Gasteiger partial charge >= 0.3 is 0 Å². The summed E-state index contributed by atoms with van der Waals surface area (Å²) in [6, 6.07) is 1.80. The van der Waals surface area contributed by atoms with Crippen molar-refractivity contribution in [2.24, 2.45) is 0 Å². The van der Waals surface area contributed by atoms with E-state index in [2.05, 4.69) is 20.2 Å². The number of nitrogens with one attached hydrogen (secondary N) is 1. The first-order valence-corrected chi connectivity index (χ1v) is 6.87. The number of nitrogen functional groups attached to an aromatic ring is 1. The summed E-state index contributed by atoms with van der Waals surface area (Å²) in [6.07, 6.45) is 4.86. The predicted molar refractivity (Wildman–Crippen MR) is 74.6 cm³/mol. The van der Waals surface area contributed by atoms with Crippen LogP contribution < -0.4 is 11.1 Å². The fourth-order valence-electron chi connectivity index (χ4n) is 2.29. The van der Waals surface area contributed by atoms with Gasteiger partial charge in [-0.25, -0.2) is 9.97 Å². The molecule has 1 aromatic rings. The number of hydrogen-bond acceptors (Lipinski definition) is 5. The Labute approximate surface area is 109 Å². The second kappa shape index (κ2) is 6.54. The molecule has 5 heteroatoms. The molecule has 0 saturated carbocycles. The van der Waals surface area contributed by atoms with Crippen molar-refractivity contribution >= 4 is 11.6 Å². The van der Waals surface area contributed by atoms with Gasteiger partial charge in [-0.15, -0.1) is 0 Å². The van der Waals surface area contributed by atoms with Crippen LogP contribution in [0.5, 0.6) is 0 Å². The molecule has 1 fully saturated rings. The largest absolute Gasteiger partial charge is 0.384 e. The first kappa shape index (κ1) is 13.1. The SMILES string of the molecule is CCc1nc(N)cc(NCCN2CCCCC2)n1. The Morgan fingerprint density at radius 1 is 1.28 bits per heavy atom. The lowest BCUT2D eigenvalue weighted by Gasteiger charge is -2.26. The second-order valence-corrected chi connectivity index (χ2v) is 4.78. The van der Waals surface area contributed by atoms with Gasteiger partial charge < -0.3 is 16.0 Å². The van der Waals surface area contributed by atoms with Crippen LogP contribution >= 0.6 is 0 Å². The molecule has 0 radical (unpaired) electrons. The highest BCUT2D eigenvalue weighted by molar-refractivity contribution is 5.44. The Bertz CT molecular complexity index is 374. The molecule has 3 N–H and O–H groups in total. The molecule has 18 heavy (non-hydrogen) atoms. The lowest BCUT2D eigenvalue weighted by Crippen LogP contribution is -2.33. The lowest BCUT2D eigenvalue weighted by atomic mass is 10.1. The molecule has 100 valence electrons. The number of likely N-dealkylation sites (tertiary alicyclic amines) is 1. The van der Waals surface area contributed by atoms with Crippen molar-refractivity contribution in [3.8, 4) is 0 Å². The van der Waals surface area contributed by atoms with Crippen LogP contribution in [0.15, 0.2) is 6.07 Å². The molecule has 1 aliphatic rings. The number of rotatable bonds is 5. The van der Waals surface area contributed by atoms with E-state index in [4.69, 9.17) is 5.73 Å². The van der Waals surface area contributed by atoms with Crippen LogP contribution in [0.25, 0.3) is 0 Å². The zero-order chi connectivity index (χ0) is 12.8. The third-order valence-corrected chi connectivity index (χ3v) is 3.29. The summed E-state index contributed by atoms with van der Waals surface area (Å²) in [5.41, 5.74) is 5.75. The molecule has 1 aromatic heterocycles. The summed E-state index contributed by atoms with van der Waals surface area (Å²) < 4.78 is 0. The monoisotopic (exact) mass is 249 g/mol. The van der Waals surface area contributed by atoms with Gasteiger partial charge in [0.25, 0.3) is 0 Å². The molecule has 0 aliphatic carbocycles. The van der Waals surface area contributed by atoms with Crippen molar-refractivity contribution in [1.82, 2.24) is 14.9 Å². The van der Waals surface area contributed by atoms with Crippen LogP contribution in [0, 0.1) is 0 Å². The minimum Gasteiger partial charge on any atom is -0.384 e. The van der Waals surface area contributed by atoms with Crippen molar-refractivity contribution in [2.45, 2.75) is 32.6 Å². The lowest BCUT2D eigenvalue weighted by molar-refractivity contribution is 0.237. The Morgan fingerprint density at radius 2 is 2.06 bits per heavy atom. The van der Waals surface area contributed by atoms with E-state index in [1.54, 1.807) is 6.07 Å². The molecule has 1 saturated heterocycles. The van der Waals surface area contributed by atoms with Crippen LogP contribution in [-0.4, -0.2) is 41.0 Å². The summed E-state index contributed by atoms with van der Waals surface area (Å²) in [7, 11) is 0. The van der Waals surface area contributed by atoms with E-state index >= 15 is 0 Å². The number of hydrogen-bond donors (Lipinski definition) is 2. The Hall–Kier alpha value is -1.36. The van der Waals surface area contributed by atoms with Crippen LogP contribution in [0.1, 0.15) is 32.0 Å². The molecule has 1 aliphatic heterocycles. The Balaban J connectivity index is 1.80. The van der Waals surface area contributed by atoms with Gasteiger partial charge in [-0.05, 0) is 25.9 Å². The Morgan fingerprint density at radius 3 is 2.78 bits per heavy atom. The third-order valence-electron chi connectivity index (χ3n) is 3.29. The number of nitrogens with two attached hydrogens (primary N) is 1. The summed E-state index contributed by atoms with van der Waals surface area (Å²) in [5.74, 6) is 2.19. The zero-order valence-corrected chi connectivity index (χ0v) is 11.2. The maximum atomic E-state index is 5.75. The van der Waals surface area contributed by atoms with E-state index < -0.39 is 0 Å². The number of nitrogens with zero attached hydrogens (tertiary/aromatic N) is 3. The molecular formula is C13H23N5. The molecule has 2 heterocycles. The number of aryl methyl sites for hydroxylation is 1. The first-order chi connectivity index (χ1) is 8.78. The van der Waals surface area contributed by atoms with Gasteiger partial charge in [-0.3, -0.25) is 0 Å². The highest BCUT2D eigenvalue weighted by Crippen LogP contribution is 2.10. The minimum atomic E-state index is 0.544. The molecule has 0 unspecified atom stereocenters. The van der Waals surface area contributed by atoms with E-state index in [0.717, 1.165) is 31.2 Å². The summed E-state index contributed by atoms with van der Waals surface area (Å²) in [6.45, 7) is 6.48. The summed E-state index contributed by atoms with van der Waals surface area (Å²) in [4.78, 5) is 11.1. The number of piperidine rings is 1. The van der Waals surface area contributed by atoms with Gasteiger partial charge in [0.05, 0.1) is 0 Å². The van der Waals surface area contributed by atoms with E-state index in [1.165, 1.54) is 32.4 Å². The van der Waals surface area contributed by atoms with Gasteiger partial charge in [-0.2, -0.15) is 0 Å². The van der Waals surface area contributed by atoms with Crippen LogP contribution in [0.2, 0.25) is 0 Å². The highest BCUT2D eigenvalue weighted by Gasteiger charge is 2.09. The van der Waals surface area contributed by atoms with E-state index in [0.29, 0.717) is 5.82 Å². The van der Waals surface area contributed by atoms with Crippen molar-refractivity contribution < 1.29 is 0 Å². The topological polar surface area (TPSA) is 67.1 Å². The van der Waals surface area contributed by atoms with Crippen LogP contribution in [0.4, 0.5) is 11.6 Å². The van der Waals surface area contributed by atoms with Crippen LogP contribution in [-0.2, 0) is 6.42 Å². The third kappa shape index (κ3) is 3.84. The summed E-state index contributed by atoms with van der Waals surface area (Å²) >= 11 is 0. The number of anilines is 2. The Kier molecular flexibility index (Phi) is 4.75. The first-order valence-electron chi connectivity index (χ1n) is 6.87. The molecule has 0 atom stereocenters. The molecular weight excluding hydrogens is 226 g/mol. The highest BCUT2D eigenvalue weighted by atomic mass is 15.1. The minimum absolute atomic E-state index is 0.544. The molecule has 0 aromatic carbocycles. The van der Waals surface area contributed by atoms with E-state index in [-0.39, 0.29) is 0 Å². The van der Waals surface area contributed by atoms with Gasteiger partial charge in [-0.1, -0.05) is 13.3 Å². The van der Waals surface area contributed by atoms with Gasteiger partial charge in [0.15, 0.2) is 0 Å². The fraction of sp³-hybridized carbons (Fsp3) is 0.692. The normalized spacial score (nSPS) is 16.7. The van der Waals surface area contributed by atoms with Gasteiger partial charge in [0.1, 0.15) is 17.5 Å². The molecule has 0 bridgehead atoms. The standard InChI is InChI=1S/C13H23N5/c1-2-12-16-11(14)10-13(17-12)15-6-9-18-7-4-3-5-8-18/h10H,2-9H2,1H3,(H3,14,15,16,17). The van der Waals surface area contributed by atoms with Crippen molar-refractivity contribution in [3.05, 3.63) is 11.9 Å². The molecule has 5 nitrogen and oxygen atoms in total. The number of aromatic nitrogens is 2. The van der Waals surface area contributed by atoms with E-state index in [1.807, 2.05) is 6.92 Å². The quantitative estimate of drug-likeness (QED) is 0.828. The maximum absolute atomic E-state index is 5.75. The average Bonchev–Trinajstić information content (AvgIpc) is 2.39. The fourth-order valence-corrected chi connectivity index (χ4v) is 2.29. The molecule has 0 amide bonds. The maximum Gasteiger partial charge on any atom is 0.132 e. The smallest absolute Gasteiger partial charge is 0.132 e. The second-order valence-electron chi connectivity index (χ2n) is 4.78. The molecule has 2 rings (SSSR count). The molecule has 0 spiro atoms. The van der Waals surface area contributed by atoms with Gasteiger partial charge in [0.2, 0.25) is 0 Å². The van der Waals surface area contributed by atoms with Crippen molar-refractivity contribution in [3.63, 3.8) is 0 Å². The summed E-state index contributed by atoms with van der Waals surface area (Å²) in [5, 5.41) is 3.33. The van der Waals surface area contributed by atoms with Crippen LogP contribution in [0.3, 0.4) is 0 Å². The van der Waals surface area contributed by atoms with Crippen molar-refractivity contribution in [2.75, 3.05) is 37.2 Å². The predicted octanol–water partition coefficient (Wildman–Crippen LogP) is 1.52. The van der Waals surface area contributed by atoms with E-state index in [9.17, 15) is 0 Å².